The predicted octanol–water partition coefficient (Wildman–Crippen LogP) is 2.99. The van der Waals surface area contributed by atoms with Gasteiger partial charge >= 0.3 is 0 Å². The number of hydroxylamine groups is 1. The highest BCUT2D eigenvalue weighted by molar-refractivity contribution is 4.46. The first-order chi connectivity index (χ1) is 7.27. The van der Waals surface area contributed by atoms with Crippen LogP contribution in [-0.2, 0) is 4.84 Å². The van der Waals surface area contributed by atoms with Crippen LogP contribution in [0.15, 0.2) is 0 Å². The van der Waals surface area contributed by atoms with E-state index < -0.39 is 6.29 Å². The molecule has 0 spiro atoms. The second-order valence-electron chi connectivity index (χ2n) is 4.09. The number of unbranched alkanes of at least 4 members (excludes halogenated alkanes) is 7. The van der Waals surface area contributed by atoms with Crippen LogP contribution in [0, 0.1) is 0 Å². The molecule has 3 heteroatoms. The highest BCUT2D eigenvalue weighted by Crippen LogP contribution is 2.07. The standard InChI is InChI=1S/C12H27NO2/c1-3-4-5-6-7-8-9-10-11-13-15-12(2)14/h12-14H,3-11H2,1-2H3/t12-/m1/s1. The molecule has 0 amide bonds. The lowest BCUT2D eigenvalue weighted by Gasteiger charge is -2.07. The fourth-order valence-corrected chi connectivity index (χ4v) is 1.51. The van der Waals surface area contributed by atoms with E-state index in [0.717, 1.165) is 13.0 Å². The summed E-state index contributed by atoms with van der Waals surface area (Å²) in [5.74, 6) is 0. The average Bonchev–Trinajstić information content (AvgIpc) is 2.20. The summed E-state index contributed by atoms with van der Waals surface area (Å²) in [6.07, 6.45) is 9.81. The topological polar surface area (TPSA) is 41.5 Å². The van der Waals surface area contributed by atoms with Gasteiger partial charge in [-0.2, -0.15) is 5.48 Å². The maximum atomic E-state index is 8.79. The Morgan fingerprint density at radius 2 is 1.53 bits per heavy atom. The zero-order valence-corrected chi connectivity index (χ0v) is 10.3. The van der Waals surface area contributed by atoms with Gasteiger partial charge in [-0.25, -0.2) is 0 Å². The molecular formula is C12H27NO2. The van der Waals surface area contributed by atoms with Crippen molar-refractivity contribution in [1.29, 1.82) is 0 Å². The minimum atomic E-state index is -0.709. The molecule has 0 unspecified atom stereocenters. The molecule has 0 aromatic rings. The summed E-state index contributed by atoms with van der Waals surface area (Å²) < 4.78 is 0. The molecule has 0 aromatic heterocycles. The van der Waals surface area contributed by atoms with Gasteiger partial charge in [0.25, 0.3) is 0 Å². The number of nitrogens with one attached hydrogen (secondary N) is 1. The van der Waals surface area contributed by atoms with Gasteiger partial charge in [-0.15, -0.1) is 0 Å². The molecule has 0 aromatic carbocycles. The van der Waals surface area contributed by atoms with Crippen LogP contribution in [0.4, 0.5) is 0 Å². The van der Waals surface area contributed by atoms with E-state index in [4.69, 9.17) is 9.94 Å². The first-order valence-corrected chi connectivity index (χ1v) is 6.34. The number of aliphatic hydroxyl groups is 1. The molecule has 1 atom stereocenters. The lowest BCUT2D eigenvalue weighted by atomic mass is 10.1. The van der Waals surface area contributed by atoms with Gasteiger partial charge in [-0.3, -0.25) is 4.84 Å². The quantitative estimate of drug-likeness (QED) is 0.317. The highest BCUT2D eigenvalue weighted by Gasteiger charge is 1.94. The van der Waals surface area contributed by atoms with Gasteiger partial charge in [0, 0.05) is 6.54 Å². The first kappa shape index (κ1) is 14.9. The van der Waals surface area contributed by atoms with Crippen molar-refractivity contribution < 1.29 is 9.94 Å². The van der Waals surface area contributed by atoms with Gasteiger partial charge in [0.15, 0.2) is 6.29 Å². The number of hydrogen-bond donors (Lipinski definition) is 2. The third-order valence-corrected chi connectivity index (χ3v) is 2.39. The molecule has 2 N–H and O–H groups in total. The van der Waals surface area contributed by atoms with E-state index in [1.165, 1.54) is 44.9 Å². The van der Waals surface area contributed by atoms with Crippen LogP contribution in [0.2, 0.25) is 0 Å². The molecule has 15 heavy (non-hydrogen) atoms. The molecule has 92 valence electrons. The molecule has 0 bridgehead atoms. The first-order valence-electron chi connectivity index (χ1n) is 6.34. The van der Waals surface area contributed by atoms with Gasteiger partial charge in [0.1, 0.15) is 0 Å². The smallest absolute Gasteiger partial charge is 0.171 e. The highest BCUT2D eigenvalue weighted by atomic mass is 16.7. The Labute approximate surface area is 94.2 Å². The summed E-state index contributed by atoms with van der Waals surface area (Å²) in [5, 5.41) is 8.79. The van der Waals surface area contributed by atoms with Crippen LogP contribution in [0.5, 0.6) is 0 Å². The molecular weight excluding hydrogens is 190 g/mol. The van der Waals surface area contributed by atoms with Gasteiger partial charge in [-0.1, -0.05) is 51.9 Å². The molecule has 0 saturated carbocycles. The van der Waals surface area contributed by atoms with E-state index in [1.807, 2.05) is 0 Å². The van der Waals surface area contributed by atoms with Crippen molar-refractivity contribution in [3.8, 4) is 0 Å². The lowest BCUT2D eigenvalue weighted by molar-refractivity contribution is -0.134. The van der Waals surface area contributed by atoms with Gasteiger partial charge in [0.2, 0.25) is 0 Å². The zero-order valence-electron chi connectivity index (χ0n) is 10.3. The Morgan fingerprint density at radius 1 is 1.00 bits per heavy atom. The number of rotatable bonds is 11. The third kappa shape index (κ3) is 13.9. The van der Waals surface area contributed by atoms with E-state index in [0.29, 0.717) is 0 Å². The van der Waals surface area contributed by atoms with Crippen LogP contribution in [0.3, 0.4) is 0 Å². The Morgan fingerprint density at radius 3 is 2.07 bits per heavy atom. The molecule has 0 aliphatic heterocycles. The second-order valence-corrected chi connectivity index (χ2v) is 4.09. The maximum Gasteiger partial charge on any atom is 0.171 e. The molecule has 0 aliphatic carbocycles. The van der Waals surface area contributed by atoms with Crippen molar-refractivity contribution in [2.45, 2.75) is 71.5 Å². The molecule has 0 heterocycles. The van der Waals surface area contributed by atoms with Gasteiger partial charge in [-0.05, 0) is 13.3 Å². The van der Waals surface area contributed by atoms with E-state index in [9.17, 15) is 0 Å². The minimum absolute atomic E-state index is 0.709. The van der Waals surface area contributed by atoms with Crippen LogP contribution in [-0.4, -0.2) is 17.9 Å². The molecule has 0 saturated heterocycles. The van der Waals surface area contributed by atoms with Gasteiger partial charge in [0.05, 0.1) is 0 Å². The predicted molar refractivity (Wildman–Crippen MR) is 63.4 cm³/mol. The van der Waals surface area contributed by atoms with Gasteiger partial charge < -0.3 is 5.11 Å². The monoisotopic (exact) mass is 217 g/mol. The summed E-state index contributed by atoms with van der Waals surface area (Å²) in [5.41, 5.74) is 2.75. The largest absolute Gasteiger partial charge is 0.367 e. The van der Waals surface area contributed by atoms with Crippen LogP contribution < -0.4 is 5.48 Å². The molecule has 0 aliphatic rings. The minimum Gasteiger partial charge on any atom is -0.367 e. The van der Waals surface area contributed by atoms with E-state index in [1.54, 1.807) is 6.92 Å². The molecule has 3 nitrogen and oxygen atoms in total. The van der Waals surface area contributed by atoms with Crippen molar-refractivity contribution in [3.63, 3.8) is 0 Å². The Bertz CT molecular complexity index is 118. The summed E-state index contributed by atoms with van der Waals surface area (Å²) in [6.45, 7) is 4.68. The van der Waals surface area contributed by atoms with E-state index in [2.05, 4.69) is 12.4 Å². The van der Waals surface area contributed by atoms with Crippen molar-refractivity contribution in [2.24, 2.45) is 0 Å². The van der Waals surface area contributed by atoms with Crippen LogP contribution in [0.25, 0.3) is 0 Å². The lowest BCUT2D eigenvalue weighted by Crippen LogP contribution is -2.22. The Hall–Kier alpha value is -0.120. The summed E-state index contributed by atoms with van der Waals surface area (Å²) >= 11 is 0. The fourth-order valence-electron chi connectivity index (χ4n) is 1.51. The molecule has 0 fully saturated rings. The Kier molecular flexibility index (Phi) is 11.9. The summed E-state index contributed by atoms with van der Waals surface area (Å²) in [7, 11) is 0. The van der Waals surface area contributed by atoms with Crippen molar-refractivity contribution in [3.05, 3.63) is 0 Å². The maximum absolute atomic E-state index is 8.79. The number of hydrogen-bond acceptors (Lipinski definition) is 3. The number of aliphatic hydroxyl groups excluding tert-OH is 1. The average molecular weight is 217 g/mol. The summed E-state index contributed by atoms with van der Waals surface area (Å²) in [4.78, 5) is 4.81. The Balaban J connectivity index is 2.87. The zero-order chi connectivity index (χ0) is 11.4. The van der Waals surface area contributed by atoms with Crippen molar-refractivity contribution >= 4 is 0 Å². The van der Waals surface area contributed by atoms with E-state index >= 15 is 0 Å². The van der Waals surface area contributed by atoms with Crippen molar-refractivity contribution in [1.82, 2.24) is 5.48 Å². The SMILES string of the molecule is CCCCCCCCCCNO[C@H](C)O. The summed E-state index contributed by atoms with van der Waals surface area (Å²) in [6, 6.07) is 0. The van der Waals surface area contributed by atoms with Crippen molar-refractivity contribution in [2.75, 3.05) is 6.54 Å². The van der Waals surface area contributed by atoms with Crippen LogP contribution in [0.1, 0.15) is 65.2 Å². The molecule has 0 radical (unpaired) electrons. The van der Waals surface area contributed by atoms with E-state index in [-0.39, 0.29) is 0 Å². The fraction of sp³-hybridized carbons (Fsp3) is 1.00. The van der Waals surface area contributed by atoms with Crippen LogP contribution >= 0.6 is 0 Å². The normalized spacial score (nSPS) is 13.0. The second kappa shape index (κ2) is 12.0. The third-order valence-electron chi connectivity index (χ3n) is 2.39. The molecule has 0 rings (SSSR count).